The van der Waals surface area contributed by atoms with Gasteiger partial charge in [-0.3, -0.25) is 9.59 Å². The summed E-state index contributed by atoms with van der Waals surface area (Å²) in [7, 11) is 0. The molecule has 212 valence electrons. The van der Waals surface area contributed by atoms with Crippen LogP contribution in [0.25, 0.3) is 0 Å². The van der Waals surface area contributed by atoms with Gasteiger partial charge in [0.2, 0.25) is 11.8 Å². The highest BCUT2D eigenvalue weighted by Gasteiger charge is 2.33. The number of hydrogen-bond acceptors (Lipinski definition) is 2. The Labute approximate surface area is 253 Å². The van der Waals surface area contributed by atoms with Gasteiger partial charge in [0.15, 0.2) is 0 Å². The standard InChI is InChI=1S/C35H36Cl2N2O2/c1-3-25(2)38-35(41)33(22-26-14-7-4-8-15-26)39(24-30-31(36)20-13-21-32(30)37)34(40)23-29(27-16-9-5-10-17-27)28-18-11-6-12-19-28/h4-21,25,29,33H,3,22-24H2,1-2H3,(H,38,41)/t25-,33+/m1/s1. The van der Waals surface area contributed by atoms with E-state index in [0.29, 0.717) is 22.0 Å². The molecule has 41 heavy (non-hydrogen) atoms. The number of nitrogens with zero attached hydrogens (tertiary/aromatic N) is 1. The lowest BCUT2D eigenvalue weighted by atomic mass is 9.87. The minimum atomic E-state index is -0.765. The first kappa shape index (κ1) is 30.4. The van der Waals surface area contributed by atoms with Gasteiger partial charge >= 0.3 is 0 Å². The minimum absolute atomic E-state index is 0.0389. The normalized spacial score (nSPS) is 12.5. The molecule has 4 rings (SSSR count). The third-order valence-corrected chi connectivity index (χ3v) is 8.15. The summed E-state index contributed by atoms with van der Waals surface area (Å²) in [6.45, 7) is 4.10. The van der Waals surface area contributed by atoms with Gasteiger partial charge in [0.1, 0.15) is 6.04 Å². The molecule has 0 bridgehead atoms. The molecule has 0 aliphatic rings. The lowest BCUT2D eigenvalue weighted by Crippen LogP contribution is -2.52. The SMILES string of the molecule is CC[C@@H](C)NC(=O)[C@H](Cc1ccccc1)N(Cc1c(Cl)cccc1Cl)C(=O)CC(c1ccccc1)c1ccccc1. The van der Waals surface area contributed by atoms with Crippen molar-refractivity contribution in [1.82, 2.24) is 10.2 Å². The van der Waals surface area contributed by atoms with Crippen LogP contribution in [0, 0.1) is 0 Å². The molecule has 4 nitrogen and oxygen atoms in total. The quantitative estimate of drug-likeness (QED) is 0.182. The zero-order valence-corrected chi connectivity index (χ0v) is 25.0. The lowest BCUT2D eigenvalue weighted by molar-refractivity contribution is -0.141. The molecule has 0 radical (unpaired) electrons. The molecule has 2 atom stereocenters. The highest BCUT2D eigenvalue weighted by atomic mass is 35.5. The van der Waals surface area contributed by atoms with Crippen LogP contribution >= 0.6 is 23.2 Å². The first-order valence-corrected chi connectivity index (χ1v) is 14.8. The Morgan fingerprint density at radius 3 is 1.78 bits per heavy atom. The Balaban J connectivity index is 1.77. The first-order valence-electron chi connectivity index (χ1n) is 14.0. The molecule has 6 heteroatoms. The second-order valence-corrected chi connectivity index (χ2v) is 11.1. The highest BCUT2D eigenvalue weighted by Crippen LogP contribution is 2.32. The summed E-state index contributed by atoms with van der Waals surface area (Å²) in [5.41, 5.74) is 3.65. The minimum Gasteiger partial charge on any atom is -0.352 e. The van der Waals surface area contributed by atoms with Crippen LogP contribution in [0.5, 0.6) is 0 Å². The van der Waals surface area contributed by atoms with Crippen molar-refractivity contribution in [1.29, 1.82) is 0 Å². The van der Waals surface area contributed by atoms with E-state index < -0.39 is 6.04 Å². The van der Waals surface area contributed by atoms with Gasteiger partial charge in [0, 0.05) is 47.0 Å². The van der Waals surface area contributed by atoms with Crippen molar-refractivity contribution < 1.29 is 9.59 Å². The number of nitrogens with one attached hydrogen (secondary N) is 1. The number of benzene rings is 4. The number of carbonyl (C=O) groups excluding carboxylic acids is 2. The lowest BCUT2D eigenvalue weighted by Gasteiger charge is -2.34. The summed E-state index contributed by atoms with van der Waals surface area (Å²) in [6.07, 6.45) is 1.31. The summed E-state index contributed by atoms with van der Waals surface area (Å²) in [6, 6.07) is 34.3. The monoisotopic (exact) mass is 586 g/mol. The van der Waals surface area contributed by atoms with E-state index in [9.17, 15) is 9.59 Å². The van der Waals surface area contributed by atoms with Crippen LogP contribution in [0.4, 0.5) is 0 Å². The van der Waals surface area contributed by atoms with E-state index in [1.165, 1.54) is 0 Å². The Hall–Kier alpha value is -3.60. The number of amides is 2. The molecular weight excluding hydrogens is 551 g/mol. The van der Waals surface area contributed by atoms with E-state index in [-0.39, 0.29) is 36.7 Å². The Morgan fingerprint density at radius 1 is 0.756 bits per heavy atom. The van der Waals surface area contributed by atoms with Gasteiger partial charge in [-0.25, -0.2) is 0 Å². The Bertz CT molecular complexity index is 1350. The Morgan fingerprint density at radius 2 is 1.27 bits per heavy atom. The zero-order valence-electron chi connectivity index (χ0n) is 23.5. The van der Waals surface area contributed by atoms with Crippen LogP contribution in [0.1, 0.15) is 54.9 Å². The molecular formula is C35H36Cl2N2O2. The molecule has 4 aromatic carbocycles. The molecule has 0 unspecified atom stereocenters. The van der Waals surface area contributed by atoms with E-state index in [2.05, 4.69) is 5.32 Å². The fourth-order valence-corrected chi connectivity index (χ4v) is 5.46. The van der Waals surface area contributed by atoms with Crippen molar-refractivity contribution in [3.05, 3.63) is 141 Å². The third-order valence-electron chi connectivity index (χ3n) is 7.44. The van der Waals surface area contributed by atoms with Gasteiger partial charge in [0.25, 0.3) is 0 Å². The van der Waals surface area contributed by atoms with Gasteiger partial charge in [-0.2, -0.15) is 0 Å². The summed E-state index contributed by atoms with van der Waals surface area (Å²) in [5, 5.41) is 4.03. The van der Waals surface area contributed by atoms with Crippen LogP contribution < -0.4 is 5.32 Å². The molecule has 0 saturated heterocycles. The largest absolute Gasteiger partial charge is 0.352 e. The van der Waals surface area contributed by atoms with Crippen LogP contribution in [0.15, 0.2) is 109 Å². The van der Waals surface area contributed by atoms with E-state index in [1.54, 1.807) is 23.1 Å². The summed E-state index contributed by atoms with van der Waals surface area (Å²) in [4.78, 5) is 30.0. The maximum Gasteiger partial charge on any atom is 0.243 e. The number of rotatable bonds is 12. The summed E-state index contributed by atoms with van der Waals surface area (Å²) in [5.74, 6) is -0.543. The average molecular weight is 588 g/mol. The maximum absolute atomic E-state index is 14.5. The first-order chi connectivity index (χ1) is 19.9. The van der Waals surface area contributed by atoms with Gasteiger partial charge < -0.3 is 10.2 Å². The van der Waals surface area contributed by atoms with Crippen LogP contribution in [0.3, 0.4) is 0 Å². The molecule has 0 aromatic heterocycles. The van der Waals surface area contributed by atoms with Crippen LogP contribution in [-0.2, 0) is 22.6 Å². The molecule has 0 aliphatic carbocycles. The van der Waals surface area contributed by atoms with Crippen molar-refractivity contribution in [2.75, 3.05) is 0 Å². The van der Waals surface area contributed by atoms with Gasteiger partial charge in [-0.15, -0.1) is 0 Å². The summed E-state index contributed by atoms with van der Waals surface area (Å²) >= 11 is 13.2. The topological polar surface area (TPSA) is 49.4 Å². The van der Waals surface area contributed by atoms with Gasteiger partial charge in [0.05, 0.1) is 0 Å². The highest BCUT2D eigenvalue weighted by molar-refractivity contribution is 6.36. The third kappa shape index (κ3) is 8.22. The molecule has 0 aliphatic heterocycles. The zero-order chi connectivity index (χ0) is 29.2. The average Bonchev–Trinajstić information content (AvgIpc) is 3.00. The molecule has 2 amide bonds. The molecule has 4 aromatic rings. The molecule has 1 N–H and O–H groups in total. The van der Waals surface area contributed by atoms with E-state index >= 15 is 0 Å². The number of hydrogen-bond donors (Lipinski definition) is 1. The molecule has 0 heterocycles. The van der Waals surface area contributed by atoms with Crippen LogP contribution in [-0.4, -0.2) is 28.8 Å². The maximum atomic E-state index is 14.5. The summed E-state index contributed by atoms with van der Waals surface area (Å²) < 4.78 is 0. The van der Waals surface area contributed by atoms with E-state index in [0.717, 1.165) is 23.1 Å². The second kappa shape index (κ2) is 14.9. The van der Waals surface area contributed by atoms with Gasteiger partial charge in [-0.05, 0) is 42.2 Å². The second-order valence-electron chi connectivity index (χ2n) is 10.3. The van der Waals surface area contributed by atoms with E-state index in [4.69, 9.17) is 23.2 Å². The van der Waals surface area contributed by atoms with Crippen molar-refractivity contribution >= 4 is 35.0 Å². The predicted octanol–water partition coefficient (Wildman–Crippen LogP) is 8.07. The van der Waals surface area contributed by atoms with E-state index in [1.807, 2.05) is 105 Å². The fourth-order valence-electron chi connectivity index (χ4n) is 4.94. The smallest absolute Gasteiger partial charge is 0.243 e. The number of carbonyl (C=O) groups is 2. The molecule has 0 spiro atoms. The van der Waals surface area contributed by atoms with Crippen molar-refractivity contribution in [3.63, 3.8) is 0 Å². The van der Waals surface area contributed by atoms with Crippen molar-refractivity contribution in [3.8, 4) is 0 Å². The Kier molecular flexibility index (Phi) is 11.0. The fraction of sp³-hybridized carbons (Fsp3) is 0.257. The van der Waals surface area contributed by atoms with Crippen LogP contribution in [0.2, 0.25) is 10.0 Å². The van der Waals surface area contributed by atoms with Crippen molar-refractivity contribution in [2.45, 2.75) is 57.7 Å². The van der Waals surface area contributed by atoms with Gasteiger partial charge in [-0.1, -0.05) is 127 Å². The number of halogens is 2. The predicted molar refractivity (Wildman–Crippen MR) is 168 cm³/mol. The molecule has 0 fully saturated rings. The van der Waals surface area contributed by atoms with Crippen molar-refractivity contribution in [2.24, 2.45) is 0 Å². The molecule has 0 saturated carbocycles.